The quantitative estimate of drug-likeness (QED) is 0.395. The van der Waals surface area contributed by atoms with Gasteiger partial charge in [-0.2, -0.15) is 0 Å². The Bertz CT molecular complexity index is 999. The summed E-state index contributed by atoms with van der Waals surface area (Å²) in [6.45, 7) is 6.71. The molecule has 0 aliphatic carbocycles. The molecule has 1 atom stereocenters. The van der Waals surface area contributed by atoms with Gasteiger partial charge in [-0.25, -0.2) is 4.79 Å². The predicted octanol–water partition coefficient (Wildman–Crippen LogP) is 1.23. The highest BCUT2D eigenvalue weighted by Crippen LogP contribution is 2.19. The number of amides is 1. The molecule has 32 heavy (non-hydrogen) atoms. The summed E-state index contributed by atoms with van der Waals surface area (Å²) >= 11 is 0. The summed E-state index contributed by atoms with van der Waals surface area (Å²) in [5.41, 5.74) is 2.38. The van der Waals surface area contributed by atoms with Crippen molar-refractivity contribution in [3.63, 3.8) is 0 Å². The number of carboxylic acid groups (broad SMARTS) is 1. The van der Waals surface area contributed by atoms with Crippen LogP contribution in [0.2, 0.25) is 0 Å². The minimum absolute atomic E-state index is 0. The van der Waals surface area contributed by atoms with Gasteiger partial charge in [0.05, 0.1) is 12.1 Å². The lowest BCUT2D eigenvalue weighted by Crippen LogP contribution is -2.40. The number of hydrogen-bond acceptors (Lipinski definition) is 5. The highest BCUT2D eigenvalue weighted by atomic mass is 35.5. The Morgan fingerprint density at radius 3 is 2.25 bits per heavy atom. The fourth-order valence-corrected chi connectivity index (χ4v) is 3.19. The van der Waals surface area contributed by atoms with E-state index in [1.807, 2.05) is 31.2 Å². The van der Waals surface area contributed by atoms with Crippen LogP contribution in [0.1, 0.15) is 31.5 Å². The summed E-state index contributed by atoms with van der Waals surface area (Å²) in [7, 11) is 3.15. The molecule has 1 unspecified atom stereocenters. The van der Waals surface area contributed by atoms with Crippen LogP contribution in [0.5, 0.6) is 0 Å². The first-order chi connectivity index (χ1) is 14.7. The van der Waals surface area contributed by atoms with Crippen LogP contribution >= 0.6 is 12.4 Å². The minimum Gasteiger partial charge on any atom is -0.483 e. The van der Waals surface area contributed by atoms with Gasteiger partial charge < -0.3 is 20.3 Å². The zero-order valence-electron chi connectivity index (χ0n) is 19.2. The van der Waals surface area contributed by atoms with E-state index in [0.29, 0.717) is 24.2 Å². The maximum absolute atomic E-state index is 12.6. The van der Waals surface area contributed by atoms with Crippen LogP contribution in [-0.2, 0) is 30.1 Å². The molecule has 1 amide bonds. The average Bonchev–Trinajstić information content (AvgIpc) is 2.73. The summed E-state index contributed by atoms with van der Waals surface area (Å²) in [5.74, 6) is -0.0121. The second-order valence-electron chi connectivity index (χ2n) is 7.32. The highest BCUT2D eigenvalue weighted by Gasteiger charge is 2.14. The van der Waals surface area contributed by atoms with Crippen LogP contribution in [0.3, 0.4) is 0 Å². The van der Waals surface area contributed by atoms with Crippen molar-refractivity contribution in [2.75, 3.05) is 13.1 Å². The summed E-state index contributed by atoms with van der Waals surface area (Å²) < 4.78 is 2.61. The molecular weight excluding hydrogens is 436 g/mol. The van der Waals surface area contributed by atoms with Crippen molar-refractivity contribution in [2.45, 2.75) is 39.7 Å². The number of carbonyl (C=O) groups is 2. The van der Waals surface area contributed by atoms with Crippen LogP contribution in [0.4, 0.5) is 0 Å². The van der Waals surface area contributed by atoms with Gasteiger partial charge in [-0.15, -0.1) is 12.4 Å². The SMILES string of the molecule is CCCNCC(=O)NC(C)Cc1ccc(-c2c(C)n(C)c(=O)n(C)c2=O)cc1.Cl.O=CO. The van der Waals surface area contributed by atoms with E-state index >= 15 is 0 Å². The maximum Gasteiger partial charge on any atom is 0.330 e. The third-order valence-electron chi connectivity index (χ3n) is 4.86. The molecule has 0 aliphatic rings. The molecule has 0 radical (unpaired) electrons. The fourth-order valence-electron chi connectivity index (χ4n) is 3.19. The van der Waals surface area contributed by atoms with Crippen LogP contribution in [0.25, 0.3) is 11.1 Å². The summed E-state index contributed by atoms with van der Waals surface area (Å²) in [5, 5.41) is 13.0. The van der Waals surface area contributed by atoms with Crippen molar-refractivity contribution in [1.29, 1.82) is 0 Å². The van der Waals surface area contributed by atoms with Crippen molar-refractivity contribution in [1.82, 2.24) is 19.8 Å². The van der Waals surface area contributed by atoms with Gasteiger partial charge in [-0.3, -0.25) is 19.0 Å². The van der Waals surface area contributed by atoms with Gasteiger partial charge in [0.25, 0.3) is 12.0 Å². The number of nitrogens with zero attached hydrogens (tertiary/aromatic N) is 2. The van der Waals surface area contributed by atoms with Crippen molar-refractivity contribution < 1.29 is 14.7 Å². The van der Waals surface area contributed by atoms with E-state index < -0.39 is 0 Å². The Morgan fingerprint density at radius 2 is 1.72 bits per heavy atom. The Morgan fingerprint density at radius 1 is 1.16 bits per heavy atom. The molecule has 0 saturated heterocycles. The lowest BCUT2D eigenvalue weighted by Gasteiger charge is -2.15. The molecule has 0 fully saturated rings. The first-order valence-electron chi connectivity index (χ1n) is 10.1. The average molecular weight is 469 g/mol. The second kappa shape index (κ2) is 14.2. The first kappa shape index (κ1) is 29.1. The molecule has 0 aliphatic heterocycles. The van der Waals surface area contributed by atoms with E-state index in [1.54, 1.807) is 14.0 Å². The van der Waals surface area contributed by atoms with Crippen LogP contribution in [-0.4, -0.2) is 45.8 Å². The Labute approximate surface area is 193 Å². The number of rotatable bonds is 8. The van der Waals surface area contributed by atoms with E-state index in [0.717, 1.165) is 28.7 Å². The van der Waals surface area contributed by atoms with Crippen LogP contribution in [0, 0.1) is 6.92 Å². The largest absolute Gasteiger partial charge is 0.483 e. The number of halogens is 1. The van der Waals surface area contributed by atoms with Crippen molar-refractivity contribution >= 4 is 24.8 Å². The van der Waals surface area contributed by atoms with Gasteiger partial charge in [0.2, 0.25) is 5.91 Å². The third kappa shape index (κ3) is 7.97. The van der Waals surface area contributed by atoms with E-state index in [-0.39, 0.29) is 42.1 Å². The van der Waals surface area contributed by atoms with E-state index in [2.05, 4.69) is 17.6 Å². The molecule has 1 heterocycles. The zero-order valence-corrected chi connectivity index (χ0v) is 20.0. The van der Waals surface area contributed by atoms with Gasteiger partial charge in [-0.1, -0.05) is 31.2 Å². The molecule has 2 aromatic rings. The smallest absolute Gasteiger partial charge is 0.330 e. The van der Waals surface area contributed by atoms with Crippen molar-refractivity contribution in [3.05, 3.63) is 56.4 Å². The topological polar surface area (TPSA) is 122 Å². The zero-order chi connectivity index (χ0) is 23.6. The summed E-state index contributed by atoms with van der Waals surface area (Å²) in [6.07, 6.45) is 1.69. The third-order valence-corrected chi connectivity index (χ3v) is 4.86. The normalized spacial score (nSPS) is 10.9. The van der Waals surface area contributed by atoms with Crippen molar-refractivity contribution in [3.8, 4) is 11.1 Å². The molecule has 2 rings (SSSR count). The molecular formula is C22H33ClN4O5. The lowest BCUT2D eigenvalue weighted by molar-refractivity contribution is -0.123. The Kier molecular flexibility index (Phi) is 12.9. The van der Waals surface area contributed by atoms with Gasteiger partial charge in [0.15, 0.2) is 0 Å². The molecule has 9 nitrogen and oxygen atoms in total. The Hall–Kier alpha value is -2.91. The van der Waals surface area contributed by atoms with Gasteiger partial charge in [-0.05, 0) is 44.4 Å². The maximum atomic E-state index is 12.6. The molecule has 10 heteroatoms. The van der Waals surface area contributed by atoms with Crippen LogP contribution in [0.15, 0.2) is 33.9 Å². The number of hydrogen-bond donors (Lipinski definition) is 3. The molecule has 3 N–H and O–H groups in total. The molecule has 0 saturated carbocycles. The van der Waals surface area contributed by atoms with E-state index in [1.165, 1.54) is 11.6 Å². The Balaban J connectivity index is 0.00000227. The molecule has 0 bridgehead atoms. The fraction of sp³-hybridized carbons (Fsp3) is 0.455. The summed E-state index contributed by atoms with van der Waals surface area (Å²) in [4.78, 5) is 44.8. The van der Waals surface area contributed by atoms with Crippen LogP contribution < -0.4 is 21.9 Å². The number of benzene rings is 1. The monoisotopic (exact) mass is 468 g/mol. The number of carbonyl (C=O) groups excluding carboxylic acids is 1. The van der Waals surface area contributed by atoms with Gasteiger partial charge >= 0.3 is 5.69 Å². The molecule has 1 aromatic carbocycles. The van der Waals surface area contributed by atoms with Gasteiger partial charge in [0.1, 0.15) is 0 Å². The van der Waals surface area contributed by atoms with Gasteiger partial charge in [0, 0.05) is 25.8 Å². The molecule has 0 spiro atoms. The van der Waals surface area contributed by atoms with Crippen molar-refractivity contribution in [2.24, 2.45) is 14.1 Å². The standard InChI is InChI=1S/C21H30N4O3.CH2O2.ClH/c1-6-11-22-13-18(26)23-14(2)12-16-7-9-17(10-8-16)19-15(3)24(4)21(28)25(5)20(19)27;2-1-3;/h7-10,14,22H,6,11-13H2,1-5H3,(H,23,26);1H,(H,2,3);1H. The number of aromatic nitrogens is 2. The minimum atomic E-state index is -0.333. The molecule has 1 aromatic heterocycles. The number of nitrogens with one attached hydrogen (secondary N) is 2. The second-order valence-corrected chi connectivity index (χ2v) is 7.32. The highest BCUT2D eigenvalue weighted by molar-refractivity contribution is 5.85. The van der Waals surface area contributed by atoms with E-state index in [4.69, 9.17) is 9.90 Å². The summed E-state index contributed by atoms with van der Waals surface area (Å²) in [6, 6.07) is 7.70. The molecule has 178 valence electrons. The predicted molar refractivity (Wildman–Crippen MR) is 128 cm³/mol. The van der Waals surface area contributed by atoms with E-state index in [9.17, 15) is 14.4 Å². The first-order valence-corrected chi connectivity index (χ1v) is 10.1. The lowest BCUT2D eigenvalue weighted by atomic mass is 10.0.